The number of hydrogen-bond acceptors (Lipinski definition) is 0. The van der Waals surface area contributed by atoms with Crippen LogP contribution in [0.25, 0.3) is 0 Å². The SMILES string of the molecule is Br.CCCCCCCCCCCCCCCC[N+](C)(C)C.[H-].[K+]. The first-order chi connectivity index (χ1) is 9.56. The number of nitrogens with zero attached hydrogens (tertiary/aromatic N) is 1. The van der Waals surface area contributed by atoms with Crippen LogP contribution >= 0.6 is 17.0 Å². The molecule has 0 aliphatic heterocycles. The minimum absolute atomic E-state index is 0. The van der Waals surface area contributed by atoms with Crippen LogP contribution in [-0.4, -0.2) is 32.2 Å². The molecule has 0 bridgehead atoms. The van der Waals surface area contributed by atoms with Crippen molar-refractivity contribution in [2.75, 3.05) is 27.7 Å². The Bertz CT molecular complexity index is 198. The maximum Gasteiger partial charge on any atom is 1.00 e. The first-order valence-corrected chi connectivity index (χ1v) is 9.36. The van der Waals surface area contributed by atoms with Gasteiger partial charge in [-0.05, 0) is 12.8 Å². The summed E-state index contributed by atoms with van der Waals surface area (Å²) in [5.74, 6) is 0. The van der Waals surface area contributed by atoms with Gasteiger partial charge in [-0.2, -0.15) is 0 Å². The van der Waals surface area contributed by atoms with Gasteiger partial charge in [0, 0.05) is 0 Å². The molecule has 0 saturated heterocycles. The van der Waals surface area contributed by atoms with Crippen molar-refractivity contribution in [2.45, 2.75) is 96.8 Å². The van der Waals surface area contributed by atoms with Gasteiger partial charge in [0.1, 0.15) is 0 Å². The monoisotopic (exact) mass is 404 g/mol. The molecule has 0 amide bonds. The molecule has 0 radical (unpaired) electrons. The van der Waals surface area contributed by atoms with E-state index in [9.17, 15) is 0 Å². The third-order valence-electron chi connectivity index (χ3n) is 4.18. The van der Waals surface area contributed by atoms with Gasteiger partial charge in [0.15, 0.2) is 0 Å². The molecular weight excluding hydrogens is 361 g/mol. The van der Waals surface area contributed by atoms with Crippen LogP contribution in [0.1, 0.15) is 98.2 Å². The molecule has 3 heteroatoms. The average Bonchev–Trinajstić information content (AvgIpc) is 2.38. The maximum absolute atomic E-state index is 2.29. The smallest absolute Gasteiger partial charge is 1.00 e. The van der Waals surface area contributed by atoms with E-state index in [1.807, 2.05) is 0 Å². The number of hydrogen-bond donors (Lipinski definition) is 0. The summed E-state index contributed by atoms with van der Waals surface area (Å²) in [6.07, 6.45) is 20.4. The summed E-state index contributed by atoms with van der Waals surface area (Å²) in [5.41, 5.74) is 0. The fourth-order valence-corrected chi connectivity index (χ4v) is 2.78. The van der Waals surface area contributed by atoms with Gasteiger partial charge in [0.2, 0.25) is 0 Å². The van der Waals surface area contributed by atoms with Crippen LogP contribution in [0.5, 0.6) is 0 Å². The normalized spacial score (nSPS) is 10.9. The van der Waals surface area contributed by atoms with Crippen LogP contribution in [0.3, 0.4) is 0 Å². The minimum atomic E-state index is 0. The Morgan fingerprint density at radius 2 is 0.818 bits per heavy atom. The van der Waals surface area contributed by atoms with E-state index in [-0.39, 0.29) is 69.8 Å². The van der Waals surface area contributed by atoms with Crippen molar-refractivity contribution < 1.29 is 57.3 Å². The van der Waals surface area contributed by atoms with E-state index in [0.717, 1.165) is 4.48 Å². The van der Waals surface area contributed by atoms with Crippen molar-refractivity contribution in [3.63, 3.8) is 0 Å². The molecular formula is C19H44BrKN+. The Labute approximate surface area is 196 Å². The van der Waals surface area contributed by atoms with Gasteiger partial charge in [-0.25, -0.2) is 0 Å². The third-order valence-corrected chi connectivity index (χ3v) is 4.18. The average molecular weight is 406 g/mol. The number of halogens is 1. The summed E-state index contributed by atoms with van der Waals surface area (Å²) < 4.78 is 1.12. The zero-order chi connectivity index (χ0) is 15.1. The van der Waals surface area contributed by atoms with E-state index in [4.69, 9.17) is 0 Å². The summed E-state index contributed by atoms with van der Waals surface area (Å²) in [6.45, 7) is 3.63. The largest absolute Gasteiger partial charge is 1.00 e. The minimum Gasteiger partial charge on any atom is -1.00 e. The van der Waals surface area contributed by atoms with Crippen molar-refractivity contribution in [1.82, 2.24) is 0 Å². The van der Waals surface area contributed by atoms with Gasteiger partial charge in [-0.3, -0.25) is 0 Å². The maximum atomic E-state index is 2.29. The Morgan fingerprint density at radius 1 is 0.545 bits per heavy atom. The van der Waals surface area contributed by atoms with Crippen molar-refractivity contribution >= 4 is 17.0 Å². The molecule has 0 N–H and O–H groups in total. The molecule has 0 aromatic rings. The van der Waals surface area contributed by atoms with E-state index in [1.165, 1.54) is 96.4 Å². The quantitative estimate of drug-likeness (QED) is 0.220. The van der Waals surface area contributed by atoms with Crippen molar-refractivity contribution in [2.24, 2.45) is 0 Å². The van der Waals surface area contributed by atoms with E-state index in [2.05, 4.69) is 28.1 Å². The van der Waals surface area contributed by atoms with Gasteiger partial charge in [-0.1, -0.05) is 84.0 Å². The van der Waals surface area contributed by atoms with E-state index < -0.39 is 0 Å². The molecule has 0 rings (SSSR count). The molecule has 1 nitrogen and oxygen atoms in total. The molecule has 0 saturated carbocycles. The summed E-state index contributed by atoms with van der Waals surface area (Å²) in [5, 5.41) is 0. The number of rotatable bonds is 15. The summed E-state index contributed by atoms with van der Waals surface area (Å²) in [7, 11) is 6.88. The van der Waals surface area contributed by atoms with Crippen molar-refractivity contribution in [3.05, 3.63) is 0 Å². The molecule has 0 spiro atoms. The molecule has 0 aromatic carbocycles. The van der Waals surface area contributed by atoms with E-state index >= 15 is 0 Å². The Balaban J connectivity index is -0.000000602. The van der Waals surface area contributed by atoms with Gasteiger partial charge < -0.3 is 5.91 Å². The summed E-state index contributed by atoms with van der Waals surface area (Å²) in [6, 6.07) is 0. The molecule has 0 aromatic heterocycles. The summed E-state index contributed by atoms with van der Waals surface area (Å²) >= 11 is 0. The van der Waals surface area contributed by atoms with Crippen LogP contribution < -0.4 is 51.4 Å². The molecule has 0 aliphatic carbocycles. The second-order valence-corrected chi connectivity index (χ2v) is 7.61. The van der Waals surface area contributed by atoms with E-state index in [0.29, 0.717) is 0 Å². The molecule has 132 valence electrons. The van der Waals surface area contributed by atoms with Crippen LogP contribution in [0, 0.1) is 0 Å². The predicted molar refractivity (Wildman–Crippen MR) is 105 cm³/mol. The number of unbranched alkanes of at least 4 members (excludes halogenated alkanes) is 13. The second kappa shape index (κ2) is 21.1. The van der Waals surface area contributed by atoms with Crippen LogP contribution in [0.2, 0.25) is 0 Å². The van der Waals surface area contributed by atoms with Gasteiger partial charge in [0.05, 0.1) is 27.7 Å². The van der Waals surface area contributed by atoms with Crippen LogP contribution in [0.4, 0.5) is 0 Å². The molecule has 0 fully saturated rings. The van der Waals surface area contributed by atoms with Crippen molar-refractivity contribution in [3.8, 4) is 0 Å². The molecule has 0 unspecified atom stereocenters. The molecule has 0 atom stereocenters. The van der Waals surface area contributed by atoms with Gasteiger partial charge in [-0.15, -0.1) is 17.0 Å². The van der Waals surface area contributed by atoms with Crippen LogP contribution in [0.15, 0.2) is 0 Å². The Hall–Kier alpha value is 2.08. The first kappa shape index (κ1) is 28.9. The molecule has 0 aliphatic rings. The third kappa shape index (κ3) is 26.9. The van der Waals surface area contributed by atoms with E-state index in [1.54, 1.807) is 0 Å². The number of quaternary nitrogens is 1. The van der Waals surface area contributed by atoms with Crippen molar-refractivity contribution in [1.29, 1.82) is 0 Å². The topological polar surface area (TPSA) is 0 Å². The van der Waals surface area contributed by atoms with Gasteiger partial charge in [0.25, 0.3) is 0 Å². The fraction of sp³-hybridized carbons (Fsp3) is 1.00. The van der Waals surface area contributed by atoms with Crippen LogP contribution in [-0.2, 0) is 0 Å². The molecule has 0 heterocycles. The second-order valence-electron chi connectivity index (χ2n) is 7.61. The molecule has 22 heavy (non-hydrogen) atoms. The first-order valence-electron chi connectivity index (χ1n) is 9.36. The summed E-state index contributed by atoms with van der Waals surface area (Å²) in [4.78, 5) is 0. The zero-order valence-corrected chi connectivity index (χ0v) is 21.3. The van der Waals surface area contributed by atoms with Gasteiger partial charge >= 0.3 is 51.4 Å². The predicted octanol–water partition coefficient (Wildman–Crippen LogP) is 3.87. The Morgan fingerprint density at radius 3 is 1.09 bits per heavy atom. The zero-order valence-electron chi connectivity index (χ0n) is 17.5. The fourth-order valence-electron chi connectivity index (χ4n) is 2.78. The Kier molecular flexibility index (Phi) is 27.7. The standard InChI is InChI=1S/C19H42N.BrH.K.H/c1-5-6-7-8-9-10-11-12-13-14-15-16-17-18-19-20(2,3)4;;;/h5-19H2,1-4H3;1H;;/q+1;;+1;-1.